The molecule has 2 atom stereocenters. The smallest absolute Gasteiger partial charge is 0.245 e. The molecule has 208 valence electrons. The number of carbonyl (C=O) groups is 2. The summed E-state index contributed by atoms with van der Waals surface area (Å²) >= 11 is 0. The van der Waals surface area contributed by atoms with Gasteiger partial charge in [-0.15, -0.1) is 0 Å². The number of anilines is 1. The molecule has 0 bridgehead atoms. The van der Waals surface area contributed by atoms with E-state index in [2.05, 4.69) is 25.8 Å². The lowest BCUT2D eigenvalue weighted by Gasteiger charge is -2.28. The fourth-order valence-electron chi connectivity index (χ4n) is 4.95. The lowest BCUT2D eigenvalue weighted by Crippen LogP contribution is -2.46. The summed E-state index contributed by atoms with van der Waals surface area (Å²) in [4.78, 5) is 32.3. The van der Waals surface area contributed by atoms with Gasteiger partial charge in [-0.3, -0.25) is 14.5 Å². The summed E-state index contributed by atoms with van der Waals surface area (Å²) in [7, 11) is 0. The molecule has 0 radical (unpaired) electrons. The third-order valence-electron chi connectivity index (χ3n) is 7.42. The van der Waals surface area contributed by atoms with Crippen molar-refractivity contribution < 1.29 is 23.1 Å². The van der Waals surface area contributed by atoms with Gasteiger partial charge in [0, 0.05) is 37.9 Å². The Morgan fingerprint density at radius 3 is 2.76 bits per heavy atom. The summed E-state index contributed by atoms with van der Waals surface area (Å²) in [5.41, 5.74) is 0.299. The van der Waals surface area contributed by atoms with Gasteiger partial charge in [0.25, 0.3) is 0 Å². The number of fused-ring (bicyclic) bond motifs is 1. The van der Waals surface area contributed by atoms with E-state index < -0.39 is 23.2 Å². The van der Waals surface area contributed by atoms with Gasteiger partial charge in [0.2, 0.25) is 11.8 Å². The standard InChI is InChI=1S/C27H38F2N6O3/c1-18(32-21-6-5-19-13-20(28)14-23(29)22(19)15-21)25(36)33-24-16-35(17-31-24)27(2,3)26(37)30-7-4-8-34-9-11-38-12-10-34/h13-14,16-18,21,32H,4-12,15H2,1-3H3,(H,30,37)(H,33,36). The van der Waals surface area contributed by atoms with Crippen molar-refractivity contribution >= 4 is 17.6 Å². The molecular formula is C27H38F2N6O3. The maximum atomic E-state index is 14.2. The molecule has 2 aliphatic rings. The Hall–Kier alpha value is -2.89. The molecule has 1 aromatic carbocycles. The van der Waals surface area contributed by atoms with Gasteiger partial charge in [0.05, 0.1) is 25.6 Å². The number of rotatable bonds is 10. The number of hydrogen-bond acceptors (Lipinski definition) is 6. The van der Waals surface area contributed by atoms with Crippen molar-refractivity contribution in [3.8, 4) is 0 Å². The van der Waals surface area contributed by atoms with Gasteiger partial charge in [-0.05, 0) is 70.2 Å². The molecule has 2 unspecified atom stereocenters. The fourth-order valence-corrected chi connectivity index (χ4v) is 4.95. The summed E-state index contributed by atoms with van der Waals surface area (Å²) in [5, 5.41) is 9.03. The molecule has 1 aliphatic carbocycles. The van der Waals surface area contributed by atoms with Crippen LogP contribution in [0, 0.1) is 11.6 Å². The van der Waals surface area contributed by atoms with Gasteiger partial charge in [-0.2, -0.15) is 0 Å². The van der Waals surface area contributed by atoms with Crippen molar-refractivity contribution in [1.82, 2.24) is 25.1 Å². The first-order valence-electron chi connectivity index (χ1n) is 13.3. The van der Waals surface area contributed by atoms with E-state index in [4.69, 9.17) is 4.74 Å². The maximum absolute atomic E-state index is 14.2. The van der Waals surface area contributed by atoms with Crippen molar-refractivity contribution in [1.29, 1.82) is 0 Å². The summed E-state index contributed by atoms with van der Waals surface area (Å²) in [6.45, 7) is 10.2. The Morgan fingerprint density at radius 1 is 1.24 bits per heavy atom. The normalized spacial score (nSPS) is 19.0. The van der Waals surface area contributed by atoms with Crippen LogP contribution in [-0.2, 0) is 32.7 Å². The molecule has 2 aromatic rings. The Balaban J connectivity index is 1.24. The highest BCUT2D eigenvalue weighted by Gasteiger charge is 2.30. The number of imidazole rings is 1. The van der Waals surface area contributed by atoms with Crippen LogP contribution in [0.25, 0.3) is 0 Å². The minimum absolute atomic E-state index is 0.105. The SMILES string of the molecule is CC(NC1CCc2cc(F)cc(F)c2C1)C(=O)Nc1cn(C(C)(C)C(=O)NCCCN2CCOCC2)cn1. The zero-order chi connectivity index (χ0) is 27.3. The quantitative estimate of drug-likeness (QED) is 0.406. The predicted octanol–water partition coefficient (Wildman–Crippen LogP) is 2.21. The van der Waals surface area contributed by atoms with Crippen molar-refractivity contribution in [2.45, 2.75) is 64.1 Å². The predicted molar refractivity (Wildman–Crippen MR) is 140 cm³/mol. The lowest BCUT2D eigenvalue weighted by molar-refractivity contribution is -0.128. The van der Waals surface area contributed by atoms with E-state index in [1.54, 1.807) is 31.5 Å². The highest BCUT2D eigenvalue weighted by Crippen LogP contribution is 2.25. The summed E-state index contributed by atoms with van der Waals surface area (Å²) in [6, 6.07) is 1.62. The van der Waals surface area contributed by atoms with Crippen LogP contribution in [-0.4, -0.2) is 77.7 Å². The third-order valence-corrected chi connectivity index (χ3v) is 7.42. The van der Waals surface area contributed by atoms with Crippen LogP contribution >= 0.6 is 0 Å². The molecule has 1 fully saturated rings. The molecule has 1 aromatic heterocycles. The number of nitrogens with zero attached hydrogens (tertiary/aromatic N) is 3. The van der Waals surface area contributed by atoms with Gasteiger partial charge in [-0.25, -0.2) is 13.8 Å². The maximum Gasteiger partial charge on any atom is 0.245 e. The summed E-state index contributed by atoms with van der Waals surface area (Å²) < 4.78 is 34.7. The molecule has 2 heterocycles. The van der Waals surface area contributed by atoms with Gasteiger partial charge in [0.1, 0.15) is 17.2 Å². The van der Waals surface area contributed by atoms with Crippen LogP contribution < -0.4 is 16.0 Å². The van der Waals surface area contributed by atoms with Crippen molar-refractivity contribution in [2.24, 2.45) is 0 Å². The van der Waals surface area contributed by atoms with E-state index in [0.29, 0.717) is 42.8 Å². The van der Waals surface area contributed by atoms with Gasteiger partial charge in [-0.1, -0.05) is 0 Å². The second-order valence-corrected chi connectivity index (χ2v) is 10.6. The van der Waals surface area contributed by atoms with Crippen LogP contribution in [0.3, 0.4) is 0 Å². The second kappa shape index (κ2) is 12.3. The zero-order valence-electron chi connectivity index (χ0n) is 22.4. The molecule has 0 spiro atoms. The molecule has 4 rings (SSSR count). The van der Waals surface area contributed by atoms with E-state index in [1.165, 1.54) is 12.4 Å². The average Bonchev–Trinajstić information content (AvgIpc) is 3.36. The average molecular weight is 533 g/mol. The van der Waals surface area contributed by atoms with E-state index in [9.17, 15) is 18.4 Å². The first-order valence-corrected chi connectivity index (χ1v) is 13.3. The minimum Gasteiger partial charge on any atom is -0.379 e. The van der Waals surface area contributed by atoms with E-state index in [-0.39, 0.29) is 17.9 Å². The Morgan fingerprint density at radius 2 is 2.00 bits per heavy atom. The summed E-state index contributed by atoms with van der Waals surface area (Å²) in [6.07, 6.45) is 5.64. The van der Waals surface area contributed by atoms with E-state index in [1.807, 2.05) is 0 Å². The number of halogens is 2. The molecule has 3 N–H and O–H groups in total. The van der Waals surface area contributed by atoms with Gasteiger partial charge < -0.3 is 25.3 Å². The highest BCUT2D eigenvalue weighted by molar-refractivity contribution is 5.93. The number of carbonyl (C=O) groups excluding carboxylic acids is 2. The number of ether oxygens (including phenoxy) is 1. The van der Waals surface area contributed by atoms with Crippen molar-refractivity contribution in [3.05, 3.63) is 47.4 Å². The molecule has 1 aliphatic heterocycles. The van der Waals surface area contributed by atoms with Crippen LogP contribution in [0.15, 0.2) is 24.7 Å². The van der Waals surface area contributed by atoms with Gasteiger partial charge in [0.15, 0.2) is 5.82 Å². The van der Waals surface area contributed by atoms with Crippen LogP contribution in [0.2, 0.25) is 0 Å². The molecule has 38 heavy (non-hydrogen) atoms. The number of aromatic nitrogens is 2. The van der Waals surface area contributed by atoms with Crippen molar-refractivity contribution in [3.63, 3.8) is 0 Å². The Bertz CT molecular complexity index is 1130. The lowest BCUT2D eigenvalue weighted by atomic mass is 9.87. The first-order chi connectivity index (χ1) is 18.1. The Kier molecular flexibility index (Phi) is 9.11. The number of hydrogen-bond donors (Lipinski definition) is 3. The largest absolute Gasteiger partial charge is 0.379 e. The molecule has 1 saturated heterocycles. The van der Waals surface area contributed by atoms with Crippen LogP contribution in [0.5, 0.6) is 0 Å². The number of morpholine rings is 1. The molecule has 0 saturated carbocycles. The van der Waals surface area contributed by atoms with Crippen LogP contribution in [0.4, 0.5) is 14.6 Å². The highest BCUT2D eigenvalue weighted by atomic mass is 19.1. The second-order valence-electron chi connectivity index (χ2n) is 10.6. The number of nitrogens with one attached hydrogen (secondary N) is 3. The minimum atomic E-state index is -0.891. The molecule has 2 amide bonds. The number of benzene rings is 1. The van der Waals surface area contributed by atoms with E-state index in [0.717, 1.165) is 45.3 Å². The van der Waals surface area contributed by atoms with Gasteiger partial charge >= 0.3 is 0 Å². The number of amides is 2. The first kappa shape index (κ1) is 28.1. The molecular weight excluding hydrogens is 494 g/mol. The van der Waals surface area contributed by atoms with E-state index >= 15 is 0 Å². The topological polar surface area (TPSA) is 101 Å². The molecule has 11 heteroatoms. The molecule has 9 nitrogen and oxygen atoms in total. The zero-order valence-corrected chi connectivity index (χ0v) is 22.4. The fraction of sp³-hybridized carbons (Fsp3) is 0.593. The Labute approximate surface area is 222 Å². The van der Waals surface area contributed by atoms with Crippen LogP contribution in [0.1, 0.15) is 44.7 Å². The van der Waals surface area contributed by atoms with Crippen molar-refractivity contribution in [2.75, 3.05) is 44.7 Å². The third kappa shape index (κ3) is 6.95. The summed E-state index contributed by atoms with van der Waals surface area (Å²) in [5.74, 6) is -1.19. The monoisotopic (exact) mass is 532 g/mol. The number of aryl methyl sites for hydroxylation is 1.